The Bertz CT molecular complexity index is 596. The number of hydrogen-bond donors (Lipinski definition) is 2. The molecule has 28 heavy (non-hydrogen) atoms. The smallest absolute Gasteiger partial charge is 0.243 e. The lowest BCUT2D eigenvalue weighted by Crippen LogP contribution is -2.49. The minimum atomic E-state index is -0.486. The van der Waals surface area contributed by atoms with E-state index in [4.69, 9.17) is 5.73 Å². The van der Waals surface area contributed by atoms with Crippen molar-refractivity contribution in [1.29, 1.82) is 0 Å². The van der Waals surface area contributed by atoms with Crippen LogP contribution in [0.4, 0.5) is 0 Å². The highest BCUT2D eigenvalue weighted by Gasteiger charge is 2.44. The molecule has 3 aliphatic rings. The standard InChI is InChI=1S/C21H36N4O3/c1-13(2)11-25(21(28)15-4-5-15)18-10-19(24(12-18)14(3)26)20(27)23-17-8-6-16(22)7-9-17/h13,15-19H,4-12,22H2,1-3H3,(H,23,27). The fourth-order valence-corrected chi connectivity index (χ4v) is 4.57. The van der Waals surface area contributed by atoms with Gasteiger partial charge in [0.25, 0.3) is 0 Å². The van der Waals surface area contributed by atoms with E-state index in [1.54, 1.807) is 4.90 Å². The Kier molecular flexibility index (Phi) is 6.63. The summed E-state index contributed by atoms with van der Waals surface area (Å²) in [6.07, 6.45) is 6.09. The first-order valence-corrected chi connectivity index (χ1v) is 10.9. The third-order valence-electron chi connectivity index (χ3n) is 6.32. The Labute approximate surface area is 168 Å². The summed E-state index contributed by atoms with van der Waals surface area (Å²) in [7, 11) is 0. The molecule has 1 heterocycles. The van der Waals surface area contributed by atoms with E-state index in [2.05, 4.69) is 19.2 Å². The van der Waals surface area contributed by atoms with Gasteiger partial charge >= 0.3 is 0 Å². The minimum Gasteiger partial charge on any atom is -0.352 e. The number of amides is 3. The molecule has 3 amide bonds. The van der Waals surface area contributed by atoms with Gasteiger partial charge in [-0.25, -0.2) is 0 Å². The molecule has 2 unspecified atom stereocenters. The van der Waals surface area contributed by atoms with Crippen LogP contribution in [0.15, 0.2) is 0 Å². The summed E-state index contributed by atoms with van der Waals surface area (Å²) in [4.78, 5) is 41.6. The van der Waals surface area contributed by atoms with Crippen molar-refractivity contribution in [3.8, 4) is 0 Å². The lowest BCUT2D eigenvalue weighted by molar-refractivity contribution is -0.137. The predicted molar refractivity (Wildman–Crippen MR) is 107 cm³/mol. The molecule has 2 atom stereocenters. The van der Waals surface area contributed by atoms with Crippen molar-refractivity contribution < 1.29 is 14.4 Å². The number of nitrogens with zero attached hydrogens (tertiary/aromatic N) is 2. The Morgan fingerprint density at radius 1 is 1.11 bits per heavy atom. The monoisotopic (exact) mass is 392 g/mol. The molecule has 0 bridgehead atoms. The van der Waals surface area contributed by atoms with Gasteiger partial charge in [-0.15, -0.1) is 0 Å². The largest absolute Gasteiger partial charge is 0.352 e. The van der Waals surface area contributed by atoms with Gasteiger partial charge in [0.15, 0.2) is 0 Å². The number of likely N-dealkylation sites (tertiary alicyclic amines) is 1. The van der Waals surface area contributed by atoms with Gasteiger partial charge in [0.2, 0.25) is 17.7 Å². The van der Waals surface area contributed by atoms with Gasteiger partial charge in [-0.2, -0.15) is 0 Å². The minimum absolute atomic E-state index is 0.0741. The molecule has 3 fully saturated rings. The van der Waals surface area contributed by atoms with Gasteiger partial charge in [-0.3, -0.25) is 14.4 Å². The number of hydrogen-bond acceptors (Lipinski definition) is 4. The Balaban J connectivity index is 1.67. The molecule has 0 aromatic heterocycles. The molecule has 0 aromatic rings. The van der Waals surface area contributed by atoms with Crippen LogP contribution in [0.2, 0.25) is 0 Å². The van der Waals surface area contributed by atoms with Crippen molar-refractivity contribution in [2.75, 3.05) is 13.1 Å². The van der Waals surface area contributed by atoms with Crippen LogP contribution in [0.25, 0.3) is 0 Å². The first kappa shape index (κ1) is 21.1. The second kappa shape index (κ2) is 8.80. The molecule has 1 saturated heterocycles. The van der Waals surface area contributed by atoms with Crippen LogP contribution in [0.1, 0.15) is 65.7 Å². The predicted octanol–water partition coefficient (Wildman–Crippen LogP) is 1.26. The number of rotatable bonds is 6. The topological polar surface area (TPSA) is 95.7 Å². The molecule has 2 saturated carbocycles. The van der Waals surface area contributed by atoms with E-state index >= 15 is 0 Å². The Morgan fingerprint density at radius 2 is 1.75 bits per heavy atom. The molecule has 2 aliphatic carbocycles. The SMILES string of the molecule is CC(=O)N1CC(N(CC(C)C)C(=O)C2CC2)CC1C(=O)NC1CCC(N)CC1. The summed E-state index contributed by atoms with van der Waals surface area (Å²) in [6.45, 7) is 6.85. The van der Waals surface area contributed by atoms with Gasteiger partial charge in [-0.05, 0) is 50.9 Å². The van der Waals surface area contributed by atoms with Crippen molar-refractivity contribution in [2.45, 2.75) is 89.9 Å². The number of nitrogens with two attached hydrogens (primary N) is 1. The molecule has 1 aliphatic heterocycles. The van der Waals surface area contributed by atoms with Crippen LogP contribution in [0.3, 0.4) is 0 Å². The van der Waals surface area contributed by atoms with E-state index in [1.165, 1.54) is 6.92 Å². The second-order valence-corrected chi connectivity index (χ2v) is 9.36. The normalized spacial score (nSPS) is 30.4. The molecule has 7 nitrogen and oxygen atoms in total. The van der Waals surface area contributed by atoms with Gasteiger partial charge in [0.05, 0.1) is 6.04 Å². The van der Waals surface area contributed by atoms with Crippen LogP contribution in [0.5, 0.6) is 0 Å². The summed E-state index contributed by atoms with van der Waals surface area (Å²) >= 11 is 0. The van der Waals surface area contributed by atoms with Gasteiger partial charge in [0.1, 0.15) is 6.04 Å². The summed E-state index contributed by atoms with van der Waals surface area (Å²) < 4.78 is 0. The highest BCUT2D eigenvalue weighted by atomic mass is 16.2. The maximum Gasteiger partial charge on any atom is 0.243 e. The van der Waals surface area contributed by atoms with Gasteiger partial charge in [-0.1, -0.05) is 13.8 Å². The summed E-state index contributed by atoms with van der Waals surface area (Å²) in [5.74, 6) is 0.513. The zero-order valence-electron chi connectivity index (χ0n) is 17.5. The molecule has 3 N–H and O–H groups in total. The van der Waals surface area contributed by atoms with Gasteiger partial charge in [0, 0.05) is 38.0 Å². The van der Waals surface area contributed by atoms with Crippen LogP contribution in [0, 0.1) is 11.8 Å². The molecule has 158 valence electrons. The van der Waals surface area contributed by atoms with Crippen molar-refractivity contribution in [3.63, 3.8) is 0 Å². The van der Waals surface area contributed by atoms with Crippen LogP contribution in [-0.2, 0) is 14.4 Å². The first-order chi connectivity index (χ1) is 13.3. The Hall–Kier alpha value is -1.63. The summed E-state index contributed by atoms with van der Waals surface area (Å²) in [6, 6.07) is -0.189. The molecular weight excluding hydrogens is 356 g/mol. The number of carbonyl (C=O) groups is 3. The molecule has 0 aromatic carbocycles. The summed E-state index contributed by atoms with van der Waals surface area (Å²) in [5, 5.41) is 3.14. The first-order valence-electron chi connectivity index (χ1n) is 10.9. The maximum atomic E-state index is 13.0. The van der Waals surface area contributed by atoms with Crippen LogP contribution in [-0.4, -0.2) is 64.8 Å². The lowest BCUT2D eigenvalue weighted by Gasteiger charge is -2.30. The second-order valence-electron chi connectivity index (χ2n) is 9.36. The van der Waals surface area contributed by atoms with Crippen LogP contribution >= 0.6 is 0 Å². The van der Waals surface area contributed by atoms with Crippen molar-refractivity contribution in [1.82, 2.24) is 15.1 Å². The number of carbonyl (C=O) groups excluding carboxylic acids is 3. The van der Waals surface area contributed by atoms with E-state index in [0.717, 1.165) is 38.5 Å². The average Bonchev–Trinajstić information content (AvgIpc) is 3.38. The molecule has 3 rings (SSSR count). The third kappa shape index (κ3) is 5.04. The zero-order chi connectivity index (χ0) is 20.4. The molecule has 7 heteroatoms. The summed E-state index contributed by atoms with van der Waals surface area (Å²) in [5.41, 5.74) is 5.96. The fourth-order valence-electron chi connectivity index (χ4n) is 4.57. The lowest BCUT2D eigenvalue weighted by atomic mass is 9.91. The van der Waals surface area contributed by atoms with Crippen molar-refractivity contribution in [3.05, 3.63) is 0 Å². The highest BCUT2D eigenvalue weighted by Crippen LogP contribution is 2.34. The zero-order valence-corrected chi connectivity index (χ0v) is 17.5. The van der Waals surface area contributed by atoms with Crippen molar-refractivity contribution >= 4 is 17.7 Å². The average molecular weight is 393 g/mol. The van der Waals surface area contributed by atoms with Gasteiger partial charge < -0.3 is 20.9 Å². The molecule has 0 spiro atoms. The molecular formula is C21H36N4O3. The van der Waals surface area contributed by atoms with E-state index in [0.29, 0.717) is 25.4 Å². The number of nitrogens with one attached hydrogen (secondary N) is 1. The van der Waals surface area contributed by atoms with E-state index in [9.17, 15) is 14.4 Å². The quantitative estimate of drug-likeness (QED) is 0.711. The van der Waals surface area contributed by atoms with Crippen molar-refractivity contribution in [2.24, 2.45) is 17.6 Å². The van der Waals surface area contributed by atoms with E-state index in [-0.39, 0.29) is 41.8 Å². The fraction of sp³-hybridized carbons (Fsp3) is 0.857. The van der Waals surface area contributed by atoms with E-state index in [1.807, 2.05) is 4.90 Å². The van der Waals surface area contributed by atoms with E-state index < -0.39 is 6.04 Å². The third-order valence-corrected chi connectivity index (χ3v) is 6.32. The Morgan fingerprint density at radius 3 is 2.29 bits per heavy atom. The van der Waals surface area contributed by atoms with Crippen LogP contribution < -0.4 is 11.1 Å². The maximum absolute atomic E-state index is 13.0. The molecule has 0 radical (unpaired) electrons. The highest BCUT2D eigenvalue weighted by molar-refractivity contribution is 5.88.